The van der Waals surface area contributed by atoms with E-state index in [9.17, 15) is 12.8 Å². The Morgan fingerprint density at radius 1 is 1.44 bits per heavy atom. The topological polar surface area (TPSA) is 54.9 Å². The van der Waals surface area contributed by atoms with Gasteiger partial charge in [-0.15, -0.1) is 0 Å². The first-order valence-electron chi connectivity index (χ1n) is 5.43. The van der Waals surface area contributed by atoms with E-state index in [1.165, 1.54) is 12.3 Å². The number of para-hydroxylation sites is 1. The lowest BCUT2D eigenvalue weighted by atomic mass is 10.3. The minimum Gasteiger partial charge on any atom is -0.328 e. The van der Waals surface area contributed by atoms with Crippen LogP contribution < -0.4 is 0 Å². The highest BCUT2D eigenvalue weighted by atomic mass is 32.2. The van der Waals surface area contributed by atoms with Gasteiger partial charge in [0.2, 0.25) is 0 Å². The number of halogens is 1. The highest BCUT2D eigenvalue weighted by molar-refractivity contribution is 7.90. The third kappa shape index (κ3) is 2.78. The Hall–Kier alpha value is -1.21. The molecule has 0 bridgehead atoms. The quantitative estimate of drug-likeness (QED) is 0.878. The van der Waals surface area contributed by atoms with E-state index in [4.69, 9.17) is 12.2 Å². The van der Waals surface area contributed by atoms with E-state index in [0.29, 0.717) is 28.8 Å². The summed E-state index contributed by atoms with van der Waals surface area (Å²) >= 11 is 5.11. The highest BCUT2D eigenvalue weighted by Gasteiger charge is 2.09. The van der Waals surface area contributed by atoms with Gasteiger partial charge in [-0.3, -0.25) is 0 Å². The molecule has 0 radical (unpaired) electrons. The average Bonchev–Trinajstić information content (AvgIpc) is 2.56. The monoisotopic (exact) mass is 288 g/mol. The third-order valence-corrected chi connectivity index (χ3v) is 4.01. The Balaban J connectivity index is 2.31. The van der Waals surface area contributed by atoms with Crippen LogP contribution in [0.15, 0.2) is 18.2 Å². The Morgan fingerprint density at radius 3 is 2.83 bits per heavy atom. The fraction of sp³-hybridized carbons (Fsp3) is 0.364. The van der Waals surface area contributed by atoms with Gasteiger partial charge < -0.3 is 9.55 Å². The normalized spacial score (nSPS) is 12.1. The predicted molar refractivity (Wildman–Crippen MR) is 71.4 cm³/mol. The molecule has 98 valence electrons. The standard InChI is InChI=1S/C11H13FN2O2S2/c1-18(15,16)7-3-6-14-9-5-2-4-8(12)10(9)13-11(14)17/h2,4-5H,3,6-7H2,1H3,(H,13,17). The van der Waals surface area contributed by atoms with Gasteiger partial charge in [0.15, 0.2) is 4.77 Å². The molecule has 0 saturated carbocycles. The van der Waals surface area contributed by atoms with E-state index < -0.39 is 9.84 Å². The van der Waals surface area contributed by atoms with Crippen LogP contribution >= 0.6 is 12.2 Å². The van der Waals surface area contributed by atoms with Crippen molar-refractivity contribution in [1.82, 2.24) is 9.55 Å². The van der Waals surface area contributed by atoms with Crippen LogP contribution in [0.5, 0.6) is 0 Å². The van der Waals surface area contributed by atoms with E-state index in [1.807, 2.05) is 0 Å². The molecule has 0 atom stereocenters. The number of aryl methyl sites for hydroxylation is 1. The van der Waals surface area contributed by atoms with Crippen molar-refractivity contribution in [2.75, 3.05) is 12.0 Å². The van der Waals surface area contributed by atoms with Crippen molar-refractivity contribution in [3.05, 3.63) is 28.8 Å². The summed E-state index contributed by atoms with van der Waals surface area (Å²) in [6.45, 7) is 0.454. The molecule has 4 nitrogen and oxygen atoms in total. The largest absolute Gasteiger partial charge is 0.328 e. The maximum absolute atomic E-state index is 13.5. The second-order valence-corrected chi connectivity index (χ2v) is 6.85. The van der Waals surface area contributed by atoms with E-state index >= 15 is 0 Å². The number of hydrogen-bond donors (Lipinski definition) is 1. The van der Waals surface area contributed by atoms with Crippen molar-refractivity contribution in [2.24, 2.45) is 0 Å². The molecular weight excluding hydrogens is 275 g/mol. The SMILES string of the molecule is CS(=O)(=O)CCCn1c(=S)[nH]c2c(F)cccc21. The molecular formula is C11H13FN2O2S2. The van der Waals surface area contributed by atoms with Crippen molar-refractivity contribution in [3.63, 3.8) is 0 Å². The van der Waals surface area contributed by atoms with Gasteiger partial charge in [0.1, 0.15) is 21.2 Å². The molecule has 18 heavy (non-hydrogen) atoms. The molecule has 0 unspecified atom stereocenters. The zero-order chi connectivity index (χ0) is 13.3. The average molecular weight is 288 g/mol. The lowest BCUT2D eigenvalue weighted by Crippen LogP contribution is -2.07. The van der Waals surface area contributed by atoms with Crippen LogP contribution in [0.3, 0.4) is 0 Å². The van der Waals surface area contributed by atoms with Gasteiger partial charge in [-0.25, -0.2) is 12.8 Å². The molecule has 0 saturated heterocycles. The molecule has 0 amide bonds. The number of H-pyrrole nitrogens is 1. The number of aromatic nitrogens is 2. The van der Waals surface area contributed by atoms with E-state index in [1.54, 1.807) is 16.7 Å². The number of rotatable bonds is 4. The third-order valence-electron chi connectivity index (χ3n) is 2.66. The minimum absolute atomic E-state index is 0.0940. The molecule has 0 fully saturated rings. The molecule has 1 heterocycles. The fourth-order valence-electron chi connectivity index (χ4n) is 1.85. The van der Waals surface area contributed by atoms with Gasteiger partial charge in [0.25, 0.3) is 0 Å². The van der Waals surface area contributed by atoms with Crippen molar-refractivity contribution in [3.8, 4) is 0 Å². The Morgan fingerprint density at radius 2 is 2.17 bits per heavy atom. The van der Waals surface area contributed by atoms with Crippen LogP contribution in [0.25, 0.3) is 11.0 Å². The summed E-state index contributed by atoms with van der Waals surface area (Å²) in [4.78, 5) is 2.80. The number of benzene rings is 1. The van der Waals surface area contributed by atoms with Gasteiger partial charge in [0.05, 0.1) is 11.3 Å². The Labute approximate surface area is 109 Å². The summed E-state index contributed by atoms with van der Waals surface area (Å²) in [6.07, 6.45) is 1.65. The number of nitrogens with one attached hydrogen (secondary N) is 1. The summed E-state index contributed by atoms with van der Waals surface area (Å²) in [5, 5.41) is 0. The molecule has 0 aliphatic rings. The molecule has 1 N–H and O–H groups in total. The maximum Gasteiger partial charge on any atom is 0.178 e. The highest BCUT2D eigenvalue weighted by Crippen LogP contribution is 2.17. The lowest BCUT2D eigenvalue weighted by molar-refractivity contribution is 0.592. The smallest absolute Gasteiger partial charge is 0.178 e. The van der Waals surface area contributed by atoms with Gasteiger partial charge in [0, 0.05) is 12.8 Å². The summed E-state index contributed by atoms with van der Waals surface area (Å²) in [5.41, 5.74) is 1.02. The molecule has 2 aromatic rings. The summed E-state index contributed by atoms with van der Waals surface area (Å²) in [6, 6.07) is 4.72. The van der Waals surface area contributed by atoms with Gasteiger partial charge >= 0.3 is 0 Å². The number of sulfone groups is 1. The zero-order valence-corrected chi connectivity index (χ0v) is 11.4. The van der Waals surface area contributed by atoms with Gasteiger partial charge in [-0.05, 0) is 30.8 Å². The molecule has 7 heteroatoms. The van der Waals surface area contributed by atoms with Crippen LogP contribution in [0, 0.1) is 10.6 Å². The van der Waals surface area contributed by atoms with Gasteiger partial charge in [-0.2, -0.15) is 0 Å². The first-order chi connectivity index (χ1) is 8.38. The van der Waals surface area contributed by atoms with Crippen LogP contribution in [-0.2, 0) is 16.4 Å². The molecule has 0 spiro atoms. The number of imidazole rings is 1. The van der Waals surface area contributed by atoms with E-state index in [-0.39, 0.29) is 11.6 Å². The van der Waals surface area contributed by atoms with Crippen LogP contribution in [-0.4, -0.2) is 30.0 Å². The van der Waals surface area contributed by atoms with E-state index in [0.717, 1.165) is 0 Å². The van der Waals surface area contributed by atoms with Crippen LogP contribution in [0.1, 0.15) is 6.42 Å². The summed E-state index contributed by atoms with van der Waals surface area (Å²) < 4.78 is 37.7. The molecule has 0 aliphatic carbocycles. The zero-order valence-electron chi connectivity index (χ0n) is 9.81. The number of nitrogens with zero attached hydrogens (tertiary/aromatic N) is 1. The second-order valence-electron chi connectivity index (χ2n) is 4.20. The minimum atomic E-state index is -2.98. The summed E-state index contributed by atoms with van der Waals surface area (Å²) in [7, 11) is -2.98. The maximum atomic E-state index is 13.5. The fourth-order valence-corrected chi connectivity index (χ4v) is 2.80. The number of fused-ring (bicyclic) bond motifs is 1. The number of aromatic amines is 1. The number of hydrogen-bond acceptors (Lipinski definition) is 3. The first-order valence-corrected chi connectivity index (χ1v) is 7.90. The molecule has 1 aromatic heterocycles. The first kappa shape index (κ1) is 13.2. The summed E-state index contributed by atoms with van der Waals surface area (Å²) in [5.74, 6) is -0.267. The Bertz CT molecular complexity index is 731. The van der Waals surface area contributed by atoms with E-state index in [2.05, 4.69) is 4.98 Å². The van der Waals surface area contributed by atoms with Gasteiger partial charge in [-0.1, -0.05) is 6.07 Å². The molecule has 2 rings (SSSR count). The van der Waals surface area contributed by atoms with Crippen molar-refractivity contribution < 1.29 is 12.8 Å². The van der Waals surface area contributed by atoms with Crippen molar-refractivity contribution in [2.45, 2.75) is 13.0 Å². The Kier molecular flexibility index (Phi) is 3.54. The predicted octanol–water partition coefficient (Wildman–Crippen LogP) is 2.27. The second kappa shape index (κ2) is 4.81. The molecule has 0 aliphatic heterocycles. The van der Waals surface area contributed by atoms with Crippen molar-refractivity contribution >= 4 is 33.1 Å². The van der Waals surface area contributed by atoms with Crippen molar-refractivity contribution in [1.29, 1.82) is 0 Å². The van der Waals surface area contributed by atoms with Crippen LogP contribution in [0.4, 0.5) is 4.39 Å². The van der Waals surface area contributed by atoms with Crippen LogP contribution in [0.2, 0.25) is 0 Å². The lowest BCUT2D eigenvalue weighted by Gasteiger charge is -2.03. The molecule has 1 aromatic carbocycles.